The molecule has 1 unspecified atom stereocenters. The number of hydrogen-bond acceptors (Lipinski definition) is 2. The molecule has 0 heterocycles. The maximum absolute atomic E-state index is 11.9. The smallest absolute Gasteiger partial charge is 0.159 e. The van der Waals surface area contributed by atoms with Crippen LogP contribution < -0.4 is 0 Å². The molecule has 1 rings (SSSR count). The van der Waals surface area contributed by atoms with Gasteiger partial charge in [0.1, 0.15) is 0 Å². The van der Waals surface area contributed by atoms with Gasteiger partial charge in [-0.3, -0.25) is 4.79 Å². The van der Waals surface area contributed by atoms with E-state index in [0.717, 1.165) is 12.1 Å². The fraction of sp³-hybridized carbons (Fsp3) is 0.471. The summed E-state index contributed by atoms with van der Waals surface area (Å²) in [5, 5.41) is 0. The van der Waals surface area contributed by atoms with E-state index in [1.165, 1.54) is 5.56 Å². The Morgan fingerprint density at radius 3 is 2.15 bits per heavy atom. The molecular weight excluding hydrogens is 270 g/mol. The number of benzene rings is 1. The first kappa shape index (κ1) is 18.9. The van der Waals surface area contributed by atoms with Gasteiger partial charge in [0.05, 0.1) is 0 Å². The molecule has 2 nitrogen and oxygen atoms in total. The molecule has 0 aliphatic rings. The highest BCUT2D eigenvalue weighted by Crippen LogP contribution is 2.15. The topological polar surface area (TPSA) is 20.3 Å². The zero-order valence-electron chi connectivity index (χ0n) is 13.1. The van der Waals surface area contributed by atoms with Gasteiger partial charge in [0.15, 0.2) is 5.78 Å². The predicted octanol–water partition coefficient (Wildman–Crippen LogP) is 4.01. The maximum atomic E-state index is 11.9. The lowest BCUT2D eigenvalue weighted by molar-refractivity contribution is -0.118. The number of carbonyl (C=O) groups is 1. The lowest BCUT2D eigenvalue weighted by Gasteiger charge is -2.13. The van der Waals surface area contributed by atoms with E-state index in [1.807, 2.05) is 32.0 Å². The summed E-state index contributed by atoms with van der Waals surface area (Å²) in [5.74, 6) is 0.766. The van der Waals surface area contributed by atoms with E-state index in [-0.39, 0.29) is 24.1 Å². The first-order valence-corrected chi connectivity index (χ1v) is 6.86. The van der Waals surface area contributed by atoms with E-state index < -0.39 is 0 Å². The van der Waals surface area contributed by atoms with Gasteiger partial charge in [0, 0.05) is 12.5 Å². The average molecular weight is 296 g/mol. The Kier molecular flexibility index (Phi) is 8.43. The fourth-order valence-electron chi connectivity index (χ4n) is 1.97. The van der Waals surface area contributed by atoms with Crippen LogP contribution in [-0.2, 0) is 4.79 Å². The van der Waals surface area contributed by atoms with Gasteiger partial charge in [-0.15, -0.1) is 12.4 Å². The molecule has 0 saturated carbocycles. The van der Waals surface area contributed by atoms with E-state index in [2.05, 4.69) is 38.1 Å². The molecule has 0 aliphatic carbocycles. The number of nitrogens with zero attached hydrogens (tertiary/aromatic N) is 1. The van der Waals surface area contributed by atoms with Gasteiger partial charge in [0.2, 0.25) is 0 Å². The van der Waals surface area contributed by atoms with Crippen molar-refractivity contribution in [1.29, 1.82) is 0 Å². The molecule has 0 aliphatic heterocycles. The number of halogens is 1. The van der Waals surface area contributed by atoms with E-state index in [9.17, 15) is 4.79 Å². The molecule has 0 spiro atoms. The third-order valence-corrected chi connectivity index (χ3v) is 3.17. The summed E-state index contributed by atoms with van der Waals surface area (Å²) in [6.45, 7) is 7.11. The van der Waals surface area contributed by atoms with E-state index in [0.29, 0.717) is 5.92 Å². The van der Waals surface area contributed by atoms with Crippen molar-refractivity contribution in [2.75, 3.05) is 20.6 Å². The van der Waals surface area contributed by atoms with Gasteiger partial charge >= 0.3 is 0 Å². The highest BCUT2D eigenvalue weighted by Gasteiger charge is 2.10. The van der Waals surface area contributed by atoms with Crippen molar-refractivity contribution in [2.45, 2.75) is 26.7 Å². The lowest BCUT2D eigenvalue weighted by Crippen LogP contribution is -2.24. The van der Waals surface area contributed by atoms with Crippen molar-refractivity contribution in [2.24, 2.45) is 5.92 Å². The monoisotopic (exact) mass is 295 g/mol. The van der Waals surface area contributed by atoms with Gasteiger partial charge in [-0.05, 0) is 37.2 Å². The van der Waals surface area contributed by atoms with Crippen molar-refractivity contribution >= 4 is 24.3 Å². The third-order valence-electron chi connectivity index (χ3n) is 3.17. The molecular formula is C17H26ClNO. The molecule has 0 saturated heterocycles. The average Bonchev–Trinajstić information content (AvgIpc) is 2.35. The predicted molar refractivity (Wildman–Crippen MR) is 89.5 cm³/mol. The van der Waals surface area contributed by atoms with Crippen LogP contribution in [0.2, 0.25) is 0 Å². The van der Waals surface area contributed by atoms with Gasteiger partial charge in [-0.1, -0.05) is 51.1 Å². The van der Waals surface area contributed by atoms with Crippen LogP contribution in [0.4, 0.5) is 0 Å². The zero-order valence-corrected chi connectivity index (χ0v) is 13.9. The first-order valence-electron chi connectivity index (χ1n) is 6.86. The second-order valence-corrected chi connectivity index (χ2v) is 5.72. The van der Waals surface area contributed by atoms with Crippen molar-refractivity contribution in [3.63, 3.8) is 0 Å². The summed E-state index contributed by atoms with van der Waals surface area (Å²) in [7, 11) is 3.97. The molecule has 1 aromatic carbocycles. The van der Waals surface area contributed by atoms with E-state index in [4.69, 9.17) is 0 Å². The van der Waals surface area contributed by atoms with Gasteiger partial charge in [-0.25, -0.2) is 0 Å². The van der Waals surface area contributed by atoms with Crippen molar-refractivity contribution in [3.8, 4) is 0 Å². The molecule has 1 atom stereocenters. The lowest BCUT2D eigenvalue weighted by atomic mass is 10.0. The standard InChI is InChI=1S/C17H25NO.ClH/c1-13(2)16-9-6-15(7-10-16)8-11-17(19)14(3)12-18(4)5;/h6-11,13-14H,12H2,1-5H3;1H/b11-8+;. The molecule has 0 N–H and O–H groups in total. The Morgan fingerprint density at radius 1 is 1.15 bits per heavy atom. The van der Waals surface area contributed by atoms with E-state index >= 15 is 0 Å². The van der Waals surface area contributed by atoms with Crippen molar-refractivity contribution < 1.29 is 4.79 Å². The summed E-state index contributed by atoms with van der Waals surface area (Å²) in [6, 6.07) is 8.38. The number of rotatable bonds is 6. The Labute approximate surface area is 129 Å². The van der Waals surface area contributed by atoms with Crippen LogP contribution in [0, 0.1) is 5.92 Å². The first-order chi connectivity index (χ1) is 8.90. The molecule has 0 amide bonds. The summed E-state index contributed by atoms with van der Waals surface area (Å²) < 4.78 is 0. The van der Waals surface area contributed by atoms with Crippen LogP contribution in [0.3, 0.4) is 0 Å². The largest absolute Gasteiger partial charge is 0.309 e. The van der Waals surface area contributed by atoms with Gasteiger partial charge in [-0.2, -0.15) is 0 Å². The Bertz CT molecular complexity index is 435. The summed E-state index contributed by atoms with van der Waals surface area (Å²) in [5.41, 5.74) is 2.40. The summed E-state index contributed by atoms with van der Waals surface area (Å²) >= 11 is 0. The second-order valence-electron chi connectivity index (χ2n) is 5.72. The fourth-order valence-corrected chi connectivity index (χ4v) is 1.97. The SMILES string of the molecule is CC(CN(C)C)C(=O)/C=C/c1ccc(C(C)C)cc1.Cl. The third kappa shape index (κ3) is 6.36. The minimum atomic E-state index is 0. The van der Waals surface area contributed by atoms with Crippen molar-refractivity contribution in [3.05, 3.63) is 41.5 Å². The minimum Gasteiger partial charge on any atom is -0.309 e. The molecule has 0 fully saturated rings. The van der Waals surface area contributed by atoms with Crippen molar-refractivity contribution in [1.82, 2.24) is 4.90 Å². The minimum absolute atomic E-state index is 0. The van der Waals surface area contributed by atoms with Crippen LogP contribution in [0.1, 0.15) is 37.8 Å². The molecule has 3 heteroatoms. The Hall–Kier alpha value is -1.12. The molecule has 112 valence electrons. The Morgan fingerprint density at radius 2 is 1.70 bits per heavy atom. The van der Waals surface area contributed by atoms with Crippen LogP contribution in [0.25, 0.3) is 6.08 Å². The number of allylic oxidation sites excluding steroid dienone is 1. The quantitative estimate of drug-likeness (QED) is 0.739. The molecule has 20 heavy (non-hydrogen) atoms. The van der Waals surface area contributed by atoms with Crippen LogP contribution in [0.15, 0.2) is 30.3 Å². The van der Waals surface area contributed by atoms with Gasteiger partial charge < -0.3 is 4.90 Å². The van der Waals surface area contributed by atoms with Crippen LogP contribution >= 0.6 is 12.4 Å². The highest BCUT2D eigenvalue weighted by molar-refractivity contribution is 5.95. The molecule has 0 radical (unpaired) electrons. The Balaban J connectivity index is 0.00000361. The number of hydrogen-bond donors (Lipinski definition) is 0. The summed E-state index contributed by atoms with van der Waals surface area (Å²) in [6.07, 6.45) is 3.59. The van der Waals surface area contributed by atoms with E-state index in [1.54, 1.807) is 6.08 Å². The van der Waals surface area contributed by atoms with Crippen LogP contribution in [-0.4, -0.2) is 31.3 Å². The van der Waals surface area contributed by atoms with Crippen LogP contribution in [0.5, 0.6) is 0 Å². The zero-order chi connectivity index (χ0) is 14.4. The summed E-state index contributed by atoms with van der Waals surface area (Å²) in [4.78, 5) is 13.9. The number of ketones is 1. The molecule has 0 bridgehead atoms. The van der Waals surface area contributed by atoms with Gasteiger partial charge in [0.25, 0.3) is 0 Å². The maximum Gasteiger partial charge on any atom is 0.159 e. The number of carbonyl (C=O) groups excluding carboxylic acids is 1. The highest BCUT2D eigenvalue weighted by atomic mass is 35.5. The molecule has 1 aromatic rings. The second kappa shape index (κ2) is 8.93. The molecule has 0 aromatic heterocycles. The normalized spacial score (nSPS) is 12.8.